The molecular formula is C27H26F2N2O4S. The minimum absolute atomic E-state index is 0.0150. The summed E-state index contributed by atoms with van der Waals surface area (Å²) in [5.41, 5.74) is 1.18. The Kier molecular flexibility index (Phi) is 8.00. The van der Waals surface area contributed by atoms with Crippen molar-refractivity contribution < 1.29 is 27.8 Å². The summed E-state index contributed by atoms with van der Waals surface area (Å²) in [6.45, 7) is 1.34. The Balaban J connectivity index is 1.36. The number of hydrogen-bond donors (Lipinski definition) is 1. The van der Waals surface area contributed by atoms with Gasteiger partial charge in [-0.1, -0.05) is 18.2 Å². The largest absolute Gasteiger partial charge is 0.494 e. The molecule has 4 rings (SSSR count). The highest BCUT2D eigenvalue weighted by molar-refractivity contribution is 7.10. The molecule has 1 aliphatic rings. The molecule has 1 saturated heterocycles. The molecule has 3 aromatic rings. The lowest BCUT2D eigenvalue weighted by molar-refractivity contribution is -0.126. The summed E-state index contributed by atoms with van der Waals surface area (Å²) in [5, 5.41) is 4.60. The van der Waals surface area contributed by atoms with Gasteiger partial charge in [0.1, 0.15) is 0 Å². The second-order valence-corrected chi connectivity index (χ2v) is 9.29. The van der Waals surface area contributed by atoms with Crippen molar-refractivity contribution in [2.45, 2.75) is 18.8 Å². The number of ether oxygens (including phenoxy) is 2. The van der Waals surface area contributed by atoms with Crippen molar-refractivity contribution in [1.29, 1.82) is 0 Å². The predicted molar refractivity (Wildman–Crippen MR) is 136 cm³/mol. The summed E-state index contributed by atoms with van der Waals surface area (Å²) >= 11 is 1.59. The van der Waals surface area contributed by atoms with Gasteiger partial charge in [0.25, 0.3) is 5.91 Å². The Bertz CT molecular complexity index is 1250. The van der Waals surface area contributed by atoms with E-state index in [0.29, 0.717) is 24.7 Å². The zero-order valence-corrected chi connectivity index (χ0v) is 20.7. The van der Waals surface area contributed by atoms with Crippen LogP contribution in [0.4, 0.5) is 14.5 Å². The maximum Gasteiger partial charge on any atom is 0.258 e. The molecule has 6 nitrogen and oxygen atoms in total. The molecule has 0 bridgehead atoms. The average molecular weight is 513 g/mol. The monoisotopic (exact) mass is 512 g/mol. The van der Waals surface area contributed by atoms with Crippen LogP contribution in [0.3, 0.4) is 0 Å². The molecule has 1 fully saturated rings. The van der Waals surface area contributed by atoms with Gasteiger partial charge in [-0.15, -0.1) is 11.3 Å². The van der Waals surface area contributed by atoms with Gasteiger partial charge in [-0.2, -0.15) is 4.39 Å². The van der Waals surface area contributed by atoms with Crippen molar-refractivity contribution in [1.82, 2.24) is 4.90 Å². The number of amides is 2. The minimum Gasteiger partial charge on any atom is -0.494 e. The van der Waals surface area contributed by atoms with E-state index in [0.717, 1.165) is 36.5 Å². The highest BCUT2D eigenvalue weighted by atomic mass is 32.1. The normalized spacial score (nSPS) is 14.2. The number of nitrogens with zero attached hydrogens (tertiary/aromatic N) is 1. The van der Waals surface area contributed by atoms with E-state index in [4.69, 9.17) is 9.47 Å². The first kappa shape index (κ1) is 25.4. The number of anilines is 1. The third-order valence-corrected chi connectivity index (χ3v) is 7.01. The van der Waals surface area contributed by atoms with Gasteiger partial charge in [0.05, 0.1) is 19.8 Å². The minimum atomic E-state index is -1.10. The van der Waals surface area contributed by atoms with Crippen LogP contribution in [0.2, 0.25) is 0 Å². The predicted octanol–water partition coefficient (Wildman–Crippen LogP) is 5.72. The van der Waals surface area contributed by atoms with Gasteiger partial charge in [0, 0.05) is 29.7 Å². The highest BCUT2D eigenvalue weighted by Gasteiger charge is 2.25. The molecule has 9 heteroatoms. The smallest absolute Gasteiger partial charge is 0.258 e. The molecule has 1 aromatic heterocycles. The lowest BCUT2D eigenvalue weighted by Gasteiger charge is -2.31. The van der Waals surface area contributed by atoms with Crippen molar-refractivity contribution in [3.63, 3.8) is 0 Å². The van der Waals surface area contributed by atoms with Crippen LogP contribution in [0.15, 0.2) is 53.9 Å². The maximum atomic E-state index is 14.6. The van der Waals surface area contributed by atoms with Crippen molar-refractivity contribution in [2.24, 2.45) is 0 Å². The van der Waals surface area contributed by atoms with Gasteiger partial charge in [0.2, 0.25) is 11.7 Å². The van der Waals surface area contributed by atoms with Crippen LogP contribution >= 0.6 is 11.3 Å². The van der Waals surface area contributed by atoms with Gasteiger partial charge in [-0.3, -0.25) is 9.59 Å². The van der Waals surface area contributed by atoms with E-state index >= 15 is 0 Å². The van der Waals surface area contributed by atoms with Crippen molar-refractivity contribution >= 4 is 34.9 Å². The summed E-state index contributed by atoms with van der Waals surface area (Å²) in [4.78, 5) is 28.0. The number of hydrogen-bond acceptors (Lipinski definition) is 5. The second kappa shape index (κ2) is 11.3. The van der Waals surface area contributed by atoms with Crippen molar-refractivity contribution in [2.75, 3.05) is 32.6 Å². The molecule has 1 aliphatic heterocycles. The molecule has 0 radical (unpaired) electrons. The average Bonchev–Trinajstić information content (AvgIpc) is 3.42. The number of halogens is 2. The molecule has 2 aromatic carbocycles. The first-order valence-corrected chi connectivity index (χ1v) is 12.3. The summed E-state index contributed by atoms with van der Waals surface area (Å²) < 4.78 is 38.4. The fraction of sp³-hybridized carbons (Fsp3) is 0.259. The van der Waals surface area contributed by atoms with Crippen molar-refractivity contribution in [3.8, 4) is 11.5 Å². The lowest BCUT2D eigenvalue weighted by atomic mass is 9.89. The first-order valence-electron chi connectivity index (χ1n) is 11.4. The van der Waals surface area contributed by atoms with Gasteiger partial charge in [0.15, 0.2) is 17.3 Å². The zero-order valence-electron chi connectivity index (χ0n) is 19.9. The Morgan fingerprint density at radius 3 is 2.39 bits per heavy atom. The number of thiophene rings is 1. The molecule has 0 atom stereocenters. The Labute approximate surface area is 212 Å². The third-order valence-electron chi connectivity index (χ3n) is 6.18. The number of piperidine rings is 1. The van der Waals surface area contributed by atoms with Crippen LogP contribution in [0.1, 0.15) is 39.6 Å². The SMILES string of the molecule is COc1cc(C(=O)Nc2ccc(C3CCN(C(=O)/C=C/c4cccs4)CC3)cc2)c(F)c(OC)c1F. The van der Waals surface area contributed by atoms with E-state index < -0.39 is 23.3 Å². The van der Waals surface area contributed by atoms with E-state index in [1.807, 2.05) is 40.6 Å². The molecule has 0 unspecified atom stereocenters. The number of benzene rings is 2. The van der Waals surface area contributed by atoms with Crippen LogP contribution < -0.4 is 14.8 Å². The zero-order chi connectivity index (χ0) is 25.7. The van der Waals surface area contributed by atoms with E-state index in [1.165, 1.54) is 7.11 Å². The van der Waals surface area contributed by atoms with Gasteiger partial charge in [-0.05, 0) is 60.0 Å². The second-order valence-electron chi connectivity index (χ2n) is 8.31. The highest BCUT2D eigenvalue weighted by Crippen LogP contribution is 2.33. The van der Waals surface area contributed by atoms with Gasteiger partial charge >= 0.3 is 0 Å². The Morgan fingerprint density at radius 1 is 1.06 bits per heavy atom. The van der Waals surface area contributed by atoms with E-state index in [-0.39, 0.29) is 17.2 Å². The van der Waals surface area contributed by atoms with Gasteiger partial charge < -0.3 is 19.7 Å². The van der Waals surface area contributed by atoms with Crippen LogP contribution in [0.5, 0.6) is 11.5 Å². The molecule has 1 N–H and O–H groups in total. The molecular weight excluding hydrogens is 486 g/mol. The summed E-state index contributed by atoms with van der Waals surface area (Å²) in [5.74, 6) is -3.52. The molecule has 36 heavy (non-hydrogen) atoms. The summed E-state index contributed by atoms with van der Waals surface area (Å²) in [6.07, 6.45) is 5.14. The topological polar surface area (TPSA) is 67.9 Å². The molecule has 2 amide bonds. The molecule has 0 saturated carbocycles. The Morgan fingerprint density at radius 2 is 1.78 bits per heavy atom. The third kappa shape index (κ3) is 5.57. The maximum absolute atomic E-state index is 14.6. The standard InChI is InChI=1S/C27H26F2N2O4S/c1-34-22-16-21(24(28)26(35-2)25(22)29)27(33)30-19-7-5-17(6-8-19)18-11-13-31(14-12-18)23(32)10-9-20-4-3-15-36-20/h3-10,15-16,18H,11-14H2,1-2H3,(H,30,33)/b10-9+. The van der Waals surface area contributed by atoms with Crippen molar-refractivity contribution in [3.05, 3.63) is 81.6 Å². The number of rotatable bonds is 7. The van der Waals surface area contributed by atoms with Crippen LogP contribution in [-0.4, -0.2) is 44.0 Å². The fourth-order valence-corrected chi connectivity index (χ4v) is 4.81. The molecule has 188 valence electrons. The number of nitrogens with one attached hydrogen (secondary N) is 1. The molecule has 0 aliphatic carbocycles. The molecule has 2 heterocycles. The van der Waals surface area contributed by atoms with E-state index in [9.17, 15) is 18.4 Å². The lowest BCUT2D eigenvalue weighted by Crippen LogP contribution is -2.36. The first-order chi connectivity index (χ1) is 17.4. The quantitative estimate of drug-likeness (QED) is 0.412. The fourth-order valence-electron chi connectivity index (χ4n) is 4.20. The molecule has 0 spiro atoms. The van der Waals surface area contributed by atoms with Crippen LogP contribution in [0.25, 0.3) is 6.08 Å². The summed E-state index contributed by atoms with van der Waals surface area (Å²) in [7, 11) is 2.34. The summed E-state index contributed by atoms with van der Waals surface area (Å²) in [6, 6.07) is 12.2. The number of carbonyl (C=O) groups is 2. The number of carbonyl (C=O) groups excluding carboxylic acids is 2. The van der Waals surface area contributed by atoms with E-state index in [2.05, 4.69) is 5.32 Å². The number of likely N-dealkylation sites (tertiary alicyclic amines) is 1. The Hall–Kier alpha value is -3.72. The van der Waals surface area contributed by atoms with Gasteiger partial charge in [-0.25, -0.2) is 4.39 Å². The van der Waals surface area contributed by atoms with Crippen LogP contribution in [0, 0.1) is 11.6 Å². The van der Waals surface area contributed by atoms with Crippen LogP contribution in [-0.2, 0) is 4.79 Å². The number of methoxy groups -OCH3 is 2. The van der Waals surface area contributed by atoms with E-state index in [1.54, 1.807) is 29.5 Å².